The predicted octanol–water partition coefficient (Wildman–Crippen LogP) is 3.61. The second-order valence-corrected chi connectivity index (χ2v) is 6.05. The highest BCUT2D eigenvalue weighted by atomic mass is 15.2. The molecule has 0 amide bonds. The molecule has 0 bridgehead atoms. The van der Waals surface area contributed by atoms with Crippen molar-refractivity contribution < 1.29 is 0 Å². The van der Waals surface area contributed by atoms with Gasteiger partial charge >= 0.3 is 0 Å². The molecule has 0 aliphatic carbocycles. The number of rotatable bonds is 3. The number of benzene rings is 1. The maximum Gasteiger partial charge on any atom is 0.132 e. The van der Waals surface area contributed by atoms with Gasteiger partial charge < -0.3 is 10.6 Å². The van der Waals surface area contributed by atoms with Crippen LogP contribution in [0.4, 0.5) is 11.5 Å². The first-order valence-electron chi connectivity index (χ1n) is 6.91. The zero-order chi connectivity index (χ0) is 14.8. The molecule has 3 nitrogen and oxygen atoms in total. The monoisotopic (exact) mass is 269 g/mol. The summed E-state index contributed by atoms with van der Waals surface area (Å²) in [6, 6.07) is 12.4. The summed E-state index contributed by atoms with van der Waals surface area (Å²) in [6.45, 7) is 7.10. The molecular formula is C17H23N3. The van der Waals surface area contributed by atoms with Crippen molar-refractivity contribution in [2.75, 3.05) is 11.9 Å². The molecule has 0 saturated heterocycles. The van der Waals surface area contributed by atoms with Crippen LogP contribution in [0.1, 0.15) is 31.9 Å². The topological polar surface area (TPSA) is 42.2 Å². The summed E-state index contributed by atoms with van der Waals surface area (Å²) in [6.07, 6.45) is 1.96. The Labute approximate surface area is 121 Å². The molecule has 20 heavy (non-hydrogen) atoms. The van der Waals surface area contributed by atoms with Crippen molar-refractivity contribution in [3.05, 3.63) is 53.7 Å². The van der Waals surface area contributed by atoms with Crippen LogP contribution in [-0.4, -0.2) is 12.0 Å². The third-order valence-corrected chi connectivity index (χ3v) is 3.53. The number of para-hydroxylation sites is 1. The van der Waals surface area contributed by atoms with Crippen LogP contribution in [0.3, 0.4) is 0 Å². The van der Waals surface area contributed by atoms with Crippen LogP contribution < -0.4 is 10.6 Å². The van der Waals surface area contributed by atoms with Crippen molar-refractivity contribution in [3.8, 4) is 0 Å². The Morgan fingerprint density at radius 3 is 2.35 bits per heavy atom. The summed E-state index contributed by atoms with van der Waals surface area (Å²) >= 11 is 0. The molecule has 2 rings (SSSR count). The van der Waals surface area contributed by atoms with Gasteiger partial charge in [0.25, 0.3) is 0 Å². The number of hydrogen-bond acceptors (Lipinski definition) is 3. The van der Waals surface area contributed by atoms with Gasteiger partial charge in [0.15, 0.2) is 0 Å². The number of pyridine rings is 1. The Hall–Kier alpha value is -1.87. The number of nitrogens with zero attached hydrogens (tertiary/aromatic N) is 2. The van der Waals surface area contributed by atoms with E-state index in [2.05, 4.69) is 54.9 Å². The number of nitrogens with two attached hydrogens (primary N) is 1. The first kappa shape index (κ1) is 14.5. The van der Waals surface area contributed by atoms with Gasteiger partial charge in [-0.2, -0.15) is 0 Å². The molecule has 106 valence electrons. The summed E-state index contributed by atoms with van der Waals surface area (Å²) in [7, 11) is 2.02. The van der Waals surface area contributed by atoms with Crippen LogP contribution in [0.2, 0.25) is 0 Å². The molecule has 0 unspecified atom stereocenters. The fourth-order valence-electron chi connectivity index (χ4n) is 2.16. The standard InChI is InChI=1S/C17H23N3/c1-17(2,3)14-9-10-16(19-12-14)20(4)15-8-6-5-7-13(15)11-18/h5-10,12H,11,18H2,1-4H3. The highest BCUT2D eigenvalue weighted by Crippen LogP contribution is 2.27. The molecular weight excluding hydrogens is 246 g/mol. The lowest BCUT2D eigenvalue weighted by molar-refractivity contribution is 0.587. The molecule has 1 aromatic heterocycles. The van der Waals surface area contributed by atoms with E-state index in [0.29, 0.717) is 6.54 Å². The van der Waals surface area contributed by atoms with Crippen LogP contribution in [-0.2, 0) is 12.0 Å². The third-order valence-electron chi connectivity index (χ3n) is 3.53. The summed E-state index contributed by atoms with van der Waals surface area (Å²) in [5.74, 6) is 0.930. The first-order valence-corrected chi connectivity index (χ1v) is 6.91. The molecule has 0 aliphatic rings. The normalized spacial score (nSPS) is 11.4. The molecule has 1 aromatic carbocycles. The van der Waals surface area contributed by atoms with Gasteiger partial charge in [0.1, 0.15) is 5.82 Å². The van der Waals surface area contributed by atoms with E-state index in [1.165, 1.54) is 5.56 Å². The van der Waals surface area contributed by atoms with Gasteiger partial charge in [-0.05, 0) is 28.7 Å². The van der Waals surface area contributed by atoms with E-state index in [4.69, 9.17) is 5.73 Å². The Kier molecular flexibility index (Phi) is 4.09. The van der Waals surface area contributed by atoms with E-state index < -0.39 is 0 Å². The van der Waals surface area contributed by atoms with Gasteiger partial charge in [-0.15, -0.1) is 0 Å². The van der Waals surface area contributed by atoms with Gasteiger partial charge in [-0.3, -0.25) is 0 Å². The smallest absolute Gasteiger partial charge is 0.132 e. The van der Waals surface area contributed by atoms with Crippen LogP contribution in [0.5, 0.6) is 0 Å². The molecule has 0 aliphatic heterocycles. The van der Waals surface area contributed by atoms with Crippen molar-refractivity contribution in [2.45, 2.75) is 32.7 Å². The van der Waals surface area contributed by atoms with Crippen LogP contribution in [0.15, 0.2) is 42.6 Å². The van der Waals surface area contributed by atoms with Crippen LogP contribution in [0.25, 0.3) is 0 Å². The second kappa shape index (κ2) is 5.63. The first-order chi connectivity index (χ1) is 9.43. The van der Waals surface area contributed by atoms with Crippen molar-refractivity contribution >= 4 is 11.5 Å². The van der Waals surface area contributed by atoms with Gasteiger partial charge in [0.05, 0.1) is 0 Å². The molecule has 0 spiro atoms. The van der Waals surface area contributed by atoms with E-state index in [-0.39, 0.29) is 5.41 Å². The Morgan fingerprint density at radius 1 is 1.10 bits per heavy atom. The van der Waals surface area contributed by atoms with Gasteiger partial charge in [-0.25, -0.2) is 4.98 Å². The molecule has 0 atom stereocenters. The molecule has 1 heterocycles. The fraction of sp³-hybridized carbons (Fsp3) is 0.353. The SMILES string of the molecule is CN(c1ccc(C(C)(C)C)cn1)c1ccccc1CN. The molecule has 0 fully saturated rings. The summed E-state index contributed by atoms with van der Waals surface area (Å²) < 4.78 is 0. The second-order valence-electron chi connectivity index (χ2n) is 6.05. The van der Waals surface area contributed by atoms with Crippen molar-refractivity contribution in [1.29, 1.82) is 0 Å². The van der Waals surface area contributed by atoms with E-state index >= 15 is 0 Å². The third kappa shape index (κ3) is 2.99. The maximum absolute atomic E-state index is 5.80. The lowest BCUT2D eigenvalue weighted by Crippen LogP contribution is -2.16. The van der Waals surface area contributed by atoms with E-state index in [0.717, 1.165) is 17.1 Å². The molecule has 0 saturated carbocycles. The number of anilines is 2. The number of aromatic nitrogens is 1. The van der Waals surface area contributed by atoms with Gasteiger partial charge in [0.2, 0.25) is 0 Å². The summed E-state index contributed by atoms with van der Waals surface area (Å²) in [4.78, 5) is 6.66. The Balaban J connectivity index is 2.32. The highest BCUT2D eigenvalue weighted by Gasteiger charge is 2.15. The maximum atomic E-state index is 5.80. The van der Waals surface area contributed by atoms with Gasteiger partial charge in [0, 0.05) is 25.5 Å². The quantitative estimate of drug-likeness (QED) is 0.925. The Bertz CT molecular complexity index is 568. The molecule has 2 aromatic rings. The molecule has 0 radical (unpaired) electrons. The van der Waals surface area contributed by atoms with Crippen molar-refractivity contribution in [3.63, 3.8) is 0 Å². The predicted molar refractivity (Wildman–Crippen MR) is 85.3 cm³/mol. The lowest BCUT2D eigenvalue weighted by Gasteiger charge is -2.23. The fourth-order valence-corrected chi connectivity index (χ4v) is 2.16. The van der Waals surface area contributed by atoms with Gasteiger partial charge in [-0.1, -0.05) is 45.0 Å². The highest BCUT2D eigenvalue weighted by molar-refractivity contribution is 5.63. The minimum atomic E-state index is 0.124. The summed E-state index contributed by atoms with van der Waals surface area (Å²) in [5.41, 5.74) is 9.39. The lowest BCUT2D eigenvalue weighted by atomic mass is 9.88. The van der Waals surface area contributed by atoms with Crippen LogP contribution in [0, 0.1) is 0 Å². The minimum absolute atomic E-state index is 0.124. The zero-order valence-corrected chi connectivity index (χ0v) is 12.7. The van der Waals surface area contributed by atoms with E-state index in [1.807, 2.05) is 25.4 Å². The minimum Gasteiger partial charge on any atom is -0.329 e. The summed E-state index contributed by atoms with van der Waals surface area (Å²) in [5, 5.41) is 0. The number of hydrogen-bond donors (Lipinski definition) is 1. The average molecular weight is 269 g/mol. The van der Waals surface area contributed by atoms with Crippen LogP contribution >= 0.6 is 0 Å². The Morgan fingerprint density at radius 2 is 1.80 bits per heavy atom. The average Bonchev–Trinajstić information content (AvgIpc) is 2.45. The van der Waals surface area contributed by atoms with E-state index in [9.17, 15) is 0 Å². The van der Waals surface area contributed by atoms with E-state index in [1.54, 1.807) is 0 Å². The van der Waals surface area contributed by atoms with Crippen molar-refractivity contribution in [1.82, 2.24) is 4.98 Å². The zero-order valence-electron chi connectivity index (χ0n) is 12.7. The molecule has 3 heteroatoms. The van der Waals surface area contributed by atoms with Crippen molar-refractivity contribution in [2.24, 2.45) is 5.73 Å². The molecule has 2 N–H and O–H groups in total. The largest absolute Gasteiger partial charge is 0.329 e.